The Labute approximate surface area is 120 Å². The highest BCUT2D eigenvalue weighted by Crippen LogP contribution is 2.36. The molecule has 0 saturated carbocycles. The van der Waals surface area contributed by atoms with E-state index in [4.69, 9.17) is 4.74 Å². The number of ether oxygens (including phenoxy) is 1. The first kappa shape index (κ1) is 14.2. The first-order valence-corrected chi connectivity index (χ1v) is 6.79. The Bertz CT molecular complexity index is 496. The van der Waals surface area contributed by atoms with Crippen molar-refractivity contribution in [2.75, 3.05) is 13.1 Å². The van der Waals surface area contributed by atoms with Crippen molar-refractivity contribution in [3.05, 3.63) is 28.5 Å². The van der Waals surface area contributed by atoms with Crippen molar-refractivity contribution in [2.45, 2.75) is 32.0 Å². The summed E-state index contributed by atoms with van der Waals surface area (Å²) in [7, 11) is 0. The maximum Gasteiger partial charge on any atom is 0.410 e. The average Bonchev–Trinajstić information content (AvgIpc) is 2.22. The van der Waals surface area contributed by atoms with Crippen molar-refractivity contribution in [3.63, 3.8) is 0 Å². The molecule has 0 spiro atoms. The summed E-state index contributed by atoms with van der Waals surface area (Å²) in [6.07, 6.45) is -0.490. The molecule has 1 saturated heterocycles. The first-order valence-electron chi connectivity index (χ1n) is 5.99. The third-order valence-electron chi connectivity index (χ3n) is 2.71. The first-order chi connectivity index (χ1) is 8.70. The average molecular weight is 331 g/mol. The fraction of sp³-hybridized carbons (Fsp3) is 0.538. The van der Waals surface area contributed by atoms with Gasteiger partial charge in [-0.05, 0) is 48.8 Å². The van der Waals surface area contributed by atoms with Crippen LogP contribution in [0.2, 0.25) is 0 Å². The van der Waals surface area contributed by atoms with Gasteiger partial charge in [0.05, 0.1) is 18.8 Å². The van der Waals surface area contributed by atoms with Gasteiger partial charge in [-0.3, -0.25) is 0 Å². The van der Waals surface area contributed by atoms with Gasteiger partial charge in [0.25, 0.3) is 0 Å². The second-order valence-corrected chi connectivity index (χ2v) is 6.46. The molecule has 1 aliphatic heterocycles. The Morgan fingerprint density at radius 2 is 2.11 bits per heavy atom. The lowest BCUT2D eigenvalue weighted by Crippen LogP contribution is -2.59. The van der Waals surface area contributed by atoms with E-state index < -0.39 is 17.4 Å². The van der Waals surface area contributed by atoms with Gasteiger partial charge in [-0.1, -0.05) is 6.07 Å². The lowest BCUT2D eigenvalue weighted by Gasteiger charge is -2.43. The minimum absolute atomic E-state index is 0.0225. The van der Waals surface area contributed by atoms with Gasteiger partial charge in [0.2, 0.25) is 0 Å². The number of amides is 1. The molecular weight excluding hydrogens is 315 g/mol. The molecule has 0 atom stereocenters. The second kappa shape index (κ2) is 4.74. The number of hydrogen-bond acceptors (Lipinski definition) is 3. The molecule has 1 fully saturated rings. The molecule has 6 heteroatoms. The summed E-state index contributed by atoms with van der Waals surface area (Å²) in [4.78, 5) is 17.2. The van der Waals surface area contributed by atoms with E-state index in [2.05, 4.69) is 20.9 Å². The zero-order valence-electron chi connectivity index (χ0n) is 11.1. The van der Waals surface area contributed by atoms with Crippen LogP contribution in [0.4, 0.5) is 9.18 Å². The van der Waals surface area contributed by atoms with Crippen molar-refractivity contribution >= 4 is 22.0 Å². The summed E-state index contributed by atoms with van der Waals surface area (Å²) >= 11 is 3.21. The molecule has 0 bridgehead atoms. The molecule has 1 aliphatic rings. The van der Waals surface area contributed by atoms with Crippen molar-refractivity contribution in [1.82, 2.24) is 9.88 Å². The Morgan fingerprint density at radius 1 is 1.47 bits per heavy atom. The number of rotatable bonds is 1. The highest BCUT2D eigenvalue weighted by Gasteiger charge is 2.49. The number of aromatic nitrogens is 1. The predicted octanol–water partition coefficient (Wildman–Crippen LogP) is 3.26. The number of halogens is 2. The SMILES string of the molecule is CC(C)(C)OC(=O)N1CC(F)(c2cccc(Br)n2)C1. The van der Waals surface area contributed by atoms with Crippen LogP contribution in [-0.2, 0) is 10.4 Å². The Morgan fingerprint density at radius 3 is 2.63 bits per heavy atom. The largest absolute Gasteiger partial charge is 0.444 e. The maximum atomic E-state index is 14.5. The van der Waals surface area contributed by atoms with Crippen LogP contribution in [-0.4, -0.2) is 34.7 Å². The number of likely N-dealkylation sites (tertiary alicyclic amines) is 1. The van der Waals surface area contributed by atoms with Gasteiger partial charge in [-0.15, -0.1) is 0 Å². The number of pyridine rings is 1. The normalized spacial score (nSPS) is 17.8. The molecule has 2 heterocycles. The molecule has 0 aliphatic carbocycles. The number of carbonyl (C=O) groups is 1. The quantitative estimate of drug-likeness (QED) is 0.742. The highest BCUT2D eigenvalue weighted by molar-refractivity contribution is 9.10. The van der Waals surface area contributed by atoms with Gasteiger partial charge in [-0.25, -0.2) is 14.2 Å². The number of alkyl halides is 1. The summed E-state index contributed by atoms with van der Waals surface area (Å²) in [5.41, 5.74) is -1.82. The van der Waals surface area contributed by atoms with Crippen LogP contribution >= 0.6 is 15.9 Å². The molecule has 19 heavy (non-hydrogen) atoms. The molecule has 0 N–H and O–H groups in total. The summed E-state index contributed by atoms with van der Waals surface area (Å²) < 4.78 is 20.3. The van der Waals surface area contributed by atoms with Crippen molar-refractivity contribution in [3.8, 4) is 0 Å². The molecule has 104 valence electrons. The summed E-state index contributed by atoms with van der Waals surface area (Å²) in [6, 6.07) is 5.08. The molecule has 2 rings (SSSR count). The maximum absolute atomic E-state index is 14.5. The van der Waals surface area contributed by atoms with E-state index >= 15 is 0 Å². The molecule has 1 aromatic heterocycles. The Kier molecular flexibility index (Phi) is 3.55. The van der Waals surface area contributed by atoms with Gasteiger partial charge >= 0.3 is 6.09 Å². The van der Waals surface area contributed by atoms with E-state index in [0.717, 1.165) is 0 Å². The van der Waals surface area contributed by atoms with E-state index in [1.54, 1.807) is 39.0 Å². The zero-order chi connectivity index (χ0) is 14.3. The smallest absolute Gasteiger partial charge is 0.410 e. The van der Waals surface area contributed by atoms with E-state index in [9.17, 15) is 9.18 Å². The van der Waals surface area contributed by atoms with Gasteiger partial charge in [0.1, 0.15) is 10.2 Å². The number of carbonyl (C=O) groups excluding carboxylic acids is 1. The zero-order valence-corrected chi connectivity index (χ0v) is 12.7. The Balaban J connectivity index is 2.00. The predicted molar refractivity (Wildman–Crippen MR) is 72.5 cm³/mol. The van der Waals surface area contributed by atoms with Crippen molar-refractivity contribution < 1.29 is 13.9 Å². The van der Waals surface area contributed by atoms with Crippen LogP contribution in [0.3, 0.4) is 0 Å². The topological polar surface area (TPSA) is 42.4 Å². The lowest BCUT2D eigenvalue weighted by molar-refractivity contribution is -0.0557. The minimum atomic E-state index is -1.58. The van der Waals surface area contributed by atoms with E-state index in [1.807, 2.05) is 0 Å². The molecule has 0 aromatic carbocycles. The van der Waals surface area contributed by atoms with Crippen LogP contribution in [0.15, 0.2) is 22.8 Å². The van der Waals surface area contributed by atoms with Crippen molar-refractivity contribution in [2.24, 2.45) is 0 Å². The van der Waals surface area contributed by atoms with E-state index in [0.29, 0.717) is 10.3 Å². The van der Waals surface area contributed by atoms with Crippen molar-refractivity contribution in [1.29, 1.82) is 0 Å². The van der Waals surface area contributed by atoms with Crippen LogP contribution in [0.1, 0.15) is 26.5 Å². The molecule has 4 nitrogen and oxygen atoms in total. The molecular formula is C13H16BrFN2O2. The molecule has 0 unspecified atom stereocenters. The van der Waals surface area contributed by atoms with Gasteiger partial charge in [-0.2, -0.15) is 0 Å². The summed E-state index contributed by atoms with van der Waals surface area (Å²) in [5.74, 6) is 0. The monoisotopic (exact) mass is 330 g/mol. The second-order valence-electron chi connectivity index (χ2n) is 5.65. The third kappa shape index (κ3) is 3.23. The van der Waals surface area contributed by atoms with Crippen LogP contribution in [0.25, 0.3) is 0 Å². The molecule has 0 radical (unpaired) electrons. The minimum Gasteiger partial charge on any atom is -0.444 e. The lowest BCUT2D eigenvalue weighted by atomic mass is 9.92. The van der Waals surface area contributed by atoms with Gasteiger partial charge in [0, 0.05) is 0 Å². The Hall–Kier alpha value is -1.17. The summed E-state index contributed by atoms with van der Waals surface area (Å²) in [6.45, 7) is 5.30. The van der Waals surface area contributed by atoms with Crippen LogP contribution < -0.4 is 0 Å². The van der Waals surface area contributed by atoms with E-state index in [-0.39, 0.29) is 13.1 Å². The van der Waals surface area contributed by atoms with Gasteiger partial charge < -0.3 is 9.64 Å². The fourth-order valence-corrected chi connectivity index (χ4v) is 2.18. The summed E-state index contributed by atoms with van der Waals surface area (Å²) in [5, 5.41) is 0. The third-order valence-corrected chi connectivity index (χ3v) is 3.15. The van der Waals surface area contributed by atoms with E-state index in [1.165, 1.54) is 4.90 Å². The van der Waals surface area contributed by atoms with Gasteiger partial charge in [0.15, 0.2) is 5.67 Å². The number of nitrogens with zero attached hydrogens (tertiary/aromatic N) is 2. The van der Waals surface area contributed by atoms with Crippen LogP contribution in [0, 0.1) is 0 Å². The fourth-order valence-electron chi connectivity index (χ4n) is 1.83. The standard InChI is InChI=1S/C13H16BrFN2O2/c1-12(2,3)19-11(18)17-7-13(15,8-17)9-5-4-6-10(14)16-9/h4-6H,7-8H2,1-3H3. The number of hydrogen-bond donors (Lipinski definition) is 0. The molecule has 1 amide bonds. The molecule has 1 aromatic rings. The highest BCUT2D eigenvalue weighted by atomic mass is 79.9. The van der Waals surface area contributed by atoms with Crippen LogP contribution in [0.5, 0.6) is 0 Å².